The molecule has 2 rings (SSSR count). The quantitative estimate of drug-likeness (QED) is 0.655. The van der Waals surface area contributed by atoms with E-state index >= 15 is 0 Å². The maximum absolute atomic E-state index is 10.8. The van der Waals surface area contributed by atoms with Crippen LogP contribution in [0.15, 0.2) is 36.5 Å². The minimum Gasteiger partial charge on any atom is -0.307 e. The van der Waals surface area contributed by atoms with Crippen LogP contribution in [0.3, 0.4) is 0 Å². The number of pyridine rings is 1. The lowest BCUT2D eigenvalue weighted by Crippen LogP contribution is -2.15. The van der Waals surface area contributed by atoms with Crippen molar-refractivity contribution in [2.24, 2.45) is 0 Å². The van der Waals surface area contributed by atoms with Gasteiger partial charge in [-0.15, -0.1) is 0 Å². The van der Waals surface area contributed by atoms with Crippen molar-refractivity contribution in [3.8, 4) is 0 Å². The maximum Gasteiger partial charge on any atom is 0.288 e. The molecule has 110 valence electrons. The Morgan fingerprint density at radius 1 is 1.33 bits per heavy atom. The van der Waals surface area contributed by atoms with E-state index in [0.717, 1.165) is 17.7 Å². The van der Waals surface area contributed by atoms with Gasteiger partial charge in [0.15, 0.2) is 0 Å². The third kappa shape index (κ3) is 4.00. The molecule has 0 aliphatic carbocycles. The molecule has 0 spiro atoms. The molecule has 0 atom stereocenters. The standard InChI is InChI=1S/C15H16ClN3O2/c1-2-12-4-3-7-18-14(12)10-17-9-11-5-6-13(16)15(8-11)19(20)21/h3-8,17H,2,9-10H2,1H3. The van der Waals surface area contributed by atoms with Crippen LogP contribution in [-0.4, -0.2) is 9.91 Å². The fraction of sp³-hybridized carbons (Fsp3) is 0.267. The molecule has 0 saturated carbocycles. The highest BCUT2D eigenvalue weighted by molar-refractivity contribution is 6.32. The zero-order valence-electron chi connectivity index (χ0n) is 11.7. The highest BCUT2D eigenvalue weighted by Crippen LogP contribution is 2.24. The van der Waals surface area contributed by atoms with Gasteiger partial charge in [-0.2, -0.15) is 0 Å². The number of benzene rings is 1. The minimum absolute atomic E-state index is 0.0666. The van der Waals surface area contributed by atoms with Gasteiger partial charge in [0.05, 0.1) is 10.6 Å². The van der Waals surface area contributed by atoms with E-state index in [1.165, 1.54) is 11.6 Å². The molecule has 0 radical (unpaired) electrons. The van der Waals surface area contributed by atoms with Crippen molar-refractivity contribution in [3.63, 3.8) is 0 Å². The van der Waals surface area contributed by atoms with Crippen LogP contribution in [0.1, 0.15) is 23.7 Å². The topological polar surface area (TPSA) is 68.1 Å². The molecule has 1 aromatic carbocycles. The van der Waals surface area contributed by atoms with E-state index in [4.69, 9.17) is 11.6 Å². The molecule has 0 amide bonds. The Hall–Kier alpha value is -1.98. The molecular weight excluding hydrogens is 290 g/mol. The fourth-order valence-corrected chi connectivity index (χ4v) is 2.27. The van der Waals surface area contributed by atoms with Gasteiger partial charge >= 0.3 is 0 Å². The van der Waals surface area contributed by atoms with E-state index in [0.29, 0.717) is 13.1 Å². The first-order valence-corrected chi connectivity index (χ1v) is 7.06. The Labute approximate surface area is 128 Å². The first-order valence-electron chi connectivity index (χ1n) is 6.68. The molecule has 5 nitrogen and oxygen atoms in total. The average Bonchev–Trinajstić information content (AvgIpc) is 2.49. The second-order valence-electron chi connectivity index (χ2n) is 4.61. The van der Waals surface area contributed by atoms with Gasteiger partial charge in [0.1, 0.15) is 5.02 Å². The predicted molar refractivity (Wildman–Crippen MR) is 82.3 cm³/mol. The van der Waals surface area contributed by atoms with Gasteiger partial charge in [-0.3, -0.25) is 15.1 Å². The summed E-state index contributed by atoms with van der Waals surface area (Å²) in [5, 5.41) is 14.2. The first-order chi connectivity index (χ1) is 10.1. The fourth-order valence-electron chi connectivity index (χ4n) is 2.09. The zero-order chi connectivity index (χ0) is 15.2. The van der Waals surface area contributed by atoms with Gasteiger partial charge in [0.25, 0.3) is 5.69 Å². The van der Waals surface area contributed by atoms with Crippen LogP contribution >= 0.6 is 11.6 Å². The van der Waals surface area contributed by atoms with E-state index in [-0.39, 0.29) is 10.7 Å². The molecule has 1 N–H and O–H groups in total. The summed E-state index contributed by atoms with van der Waals surface area (Å²) in [6.45, 7) is 3.24. The van der Waals surface area contributed by atoms with Gasteiger partial charge in [0.2, 0.25) is 0 Å². The van der Waals surface area contributed by atoms with Crippen molar-refractivity contribution in [1.82, 2.24) is 10.3 Å². The summed E-state index contributed by atoms with van der Waals surface area (Å²) in [5.41, 5.74) is 2.96. The van der Waals surface area contributed by atoms with Crippen LogP contribution < -0.4 is 5.32 Å². The van der Waals surface area contributed by atoms with Gasteiger partial charge in [-0.05, 0) is 29.7 Å². The van der Waals surface area contributed by atoms with Crippen molar-refractivity contribution in [3.05, 3.63) is 68.5 Å². The average molecular weight is 306 g/mol. The Morgan fingerprint density at radius 2 is 2.14 bits per heavy atom. The smallest absolute Gasteiger partial charge is 0.288 e. The summed E-state index contributed by atoms with van der Waals surface area (Å²) in [4.78, 5) is 14.7. The van der Waals surface area contributed by atoms with Crippen LogP contribution in [0.2, 0.25) is 5.02 Å². The van der Waals surface area contributed by atoms with Crippen LogP contribution in [0, 0.1) is 10.1 Å². The number of aryl methyl sites for hydroxylation is 1. The highest BCUT2D eigenvalue weighted by atomic mass is 35.5. The second kappa shape index (κ2) is 7.15. The number of hydrogen-bond acceptors (Lipinski definition) is 4. The summed E-state index contributed by atoms with van der Waals surface area (Å²) in [7, 11) is 0. The van der Waals surface area contributed by atoms with Crippen LogP contribution in [0.5, 0.6) is 0 Å². The van der Waals surface area contributed by atoms with Crippen LogP contribution in [0.25, 0.3) is 0 Å². The molecular formula is C15H16ClN3O2. The van der Waals surface area contributed by atoms with Gasteiger partial charge in [-0.1, -0.05) is 30.7 Å². The molecule has 0 bridgehead atoms. The normalized spacial score (nSPS) is 10.6. The number of aromatic nitrogens is 1. The van der Waals surface area contributed by atoms with E-state index in [9.17, 15) is 10.1 Å². The van der Waals surface area contributed by atoms with Crippen molar-refractivity contribution in [1.29, 1.82) is 0 Å². The first kappa shape index (κ1) is 15.4. The van der Waals surface area contributed by atoms with E-state index in [1.54, 1.807) is 18.3 Å². The van der Waals surface area contributed by atoms with Crippen molar-refractivity contribution >= 4 is 17.3 Å². The third-order valence-corrected chi connectivity index (χ3v) is 3.51. The molecule has 0 aliphatic rings. The Morgan fingerprint density at radius 3 is 2.86 bits per heavy atom. The second-order valence-corrected chi connectivity index (χ2v) is 5.02. The summed E-state index contributed by atoms with van der Waals surface area (Å²) >= 11 is 5.79. The molecule has 1 aromatic heterocycles. The number of rotatable bonds is 6. The minimum atomic E-state index is -0.472. The number of halogens is 1. The lowest BCUT2D eigenvalue weighted by Gasteiger charge is -2.08. The van der Waals surface area contributed by atoms with Crippen molar-refractivity contribution in [2.45, 2.75) is 26.4 Å². The number of nitro benzene ring substituents is 1. The van der Waals surface area contributed by atoms with E-state index in [2.05, 4.69) is 23.3 Å². The SMILES string of the molecule is CCc1cccnc1CNCc1ccc(Cl)c([N+](=O)[O-])c1. The molecule has 0 aliphatic heterocycles. The number of nitrogens with one attached hydrogen (secondary N) is 1. The number of hydrogen-bond donors (Lipinski definition) is 1. The molecule has 0 fully saturated rings. The van der Waals surface area contributed by atoms with E-state index in [1.807, 2.05) is 6.07 Å². The largest absolute Gasteiger partial charge is 0.307 e. The summed E-state index contributed by atoms with van der Waals surface area (Å²) in [5.74, 6) is 0. The molecule has 0 unspecified atom stereocenters. The van der Waals surface area contributed by atoms with Gasteiger partial charge in [-0.25, -0.2) is 0 Å². The summed E-state index contributed by atoms with van der Waals surface area (Å²) < 4.78 is 0. The van der Waals surface area contributed by atoms with E-state index < -0.39 is 4.92 Å². The van der Waals surface area contributed by atoms with Crippen LogP contribution in [0.4, 0.5) is 5.69 Å². The lowest BCUT2D eigenvalue weighted by atomic mass is 10.1. The van der Waals surface area contributed by atoms with Crippen LogP contribution in [-0.2, 0) is 19.5 Å². The number of nitro groups is 1. The molecule has 21 heavy (non-hydrogen) atoms. The van der Waals surface area contributed by atoms with Gasteiger partial charge in [0, 0.05) is 25.4 Å². The Bertz CT molecular complexity index is 647. The molecule has 0 saturated heterocycles. The highest BCUT2D eigenvalue weighted by Gasteiger charge is 2.12. The summed E-state index contributed by atoms with van der Waals surface area (Å²) in [6, 6.07) is 8.80. The molecule has 1 heterocycles. The predicted octanol–water partition coefficient (Wildman–Crippen LogP) is 3.50. The monoisotopic (exact) mass is 305 g/mol. The molecule has 2 aromatic rings. The number of nitrogens with zero attached hydrogens (tertiary/aromatic N) is 2. The lowest BCUT2D eigenvalue weighted by molar-refractivity contribution is -0.384. The molecule has 6 heteroatoms. The maximum atomic E-state index is 10.8. The Balaban J connectivity index is 2.00. The zero-order valence-corrected chi connectivity index (χ0v) is 12.4. The third-order valence-electron chi connectivity index (χ3n) is 3.19. The Kier molecular flexibility index (Phi) is 5.25. The van der Waals surface area contributed by atoms with Crippen molar-refractivity contribution < 1.29 is 4.92 Å². The van der Waals surface area contributed by atoms with Gasteiger partial charge < -0.3 is 5.32 Å². The summed E-state index contributed by atoms with van der Waals surface area (Å²) in [6.07, 6.45) is 2.70. The van der Waals surface area contributed by atoms with Crippen molar-refractivity contribution in [2.75, 3.05) is 0 Å².